The minimum absolute atomic E-state index is 0.119. The Morgan fingerprint density at radius 2 is 1.10 bits per heavy atom. The largest absolute Gasteiger partial charge is 0.446 e. The maximum atomic E-state index is 11.8. The van der Waals surface area contributed by atoms with Crippen LogP contribution in [0.3, 0.4) is 0 Å². The minimum Gasteiger partial charge on any atom is -0.446 e. The molecule has 0 aliphatic rings. The van der Waals surface area contributed by atoms with Crippen LogP contribution in [0.5, 0.6) is 0 Å². The van der Waals surface area contributed by atoms with Crippen LogP contribution in [-0.2, 0) is 9.47 Å². The van der Waals surface area contributed by atoms with Gasteiger partial charge in [0.1, 0.15) is 18.4 Å². The predicted molar refractivity (Wildman–Crippen MR) is 206 cm³/mol. The molecule has 18 heteroatoms. The molecule has 18 nitrogen and oxygen atoms in total. The Labute approximate surface area is 308 Å². The maximum absolute atomic E-state index is 11.8. The second-order valence-corrected chi connectivity index (χ2v) is 16.5. The standard InChI is InChI=1S/C17H30N6O4.C17H32N6O2/c1-11(27-15(24)22-17(5,6)7)8-9-18-13-12(23(25)26)10-19-14(20-13)21-16(2,3)4;1-11(25-15(24)23-17(5,6)7)8-9-19-13-12(18)10-20-14(21-13)22-16(2,3)4/h10-11H,8-9H2,1-7H3,(H,22,24)(H2,18,19,20,21);10-11H,8-9,18H2,1-7H3,(H,23,24)(H2,19,20,21,22). The van der Waals surface area contributed by atoms with Crippen LogP contribution in [0, 0.1) is 10.1 Å². The number of nitrogen functional groups attached to an aromatic ring is 1. The summed E-state index contributed by atoms with van der Waals surface area (Å²) in [6.45, 7) is 27.7. The summed E-state index contributed by atoms with van der Waals surface area (Å²) < 4.78 is 10.6. The summed E-state index contributed by atoms with van der Waals surface area (Å²) in [5.41, 5.74) is 5.04. The monoisotopic (exact) mass is 734 g/mol. The van der Waals surface area contributed by atoms with Crippen LogP contribution in [0.1, 0.15) is 110 Å². The molecule has 0 aliphatic carbocycles. The third-order valence-corrected chi connectivity index (χ3v) is 6.01. The fourth-order valence-electron chi connectivity index (χ4n) is 3.91. The molecule has 2 unspecified atom stereocenters. The number of amides is 2. The zero-order chi connectivity index (χ0) is 40.1. The van der Waals surface area contributed by atoms with E-state index in [4.69, 9.17) is 15.2 Å². The molecule has 0 bridgehead atoms. The average Bonchev–Trinajstić information content (AvgIpc) is 2.91. The third-order valence-electron chi connectivity index (χ3n) is 6.01. The Kier molecular flexibility index (Phi) is 16.6. The number of carbonyl (C=O) groups excluding carboxylic acids is 2. The molecule has 0 aromatic carbocycles. The zero-order valence-corrected chi connectivity index (χ0v) is 33.4. The van der Waals surface area contributed by atoms with Gasteiger partial charge in [0.15, 0.2) is 5.82 Å². The van der Waals surface area contributed by atoms with E-state index in [2.05, 4.69) is 51.8 Å². The van der Waals surface area contributed by atoms with Crippen molar-refractivity contribution in [2.75, 3.05) is 40.1 Å². The molecule has 0 fully saturated rings. The van der Waals surface area contributed by atoms with Crippen molar-refractivity contribution in [3.05, 3.63) is 22.5 Å². The van der Waals surface area contributed by atoms with Crippen molar-refractivity contribution >= 4 is 47.1 Å². The molecule has 2 amide bonds. The van der Waals surface area contributed by atoms with Crippen molar-refractivity contribution in [2.24, 2.45) is 0 Å². The van der Waals surface area contributed by atoms with Gasteiger partial charge in [-0.1, -0.05) is 0 Å². The molecule has 2 heterocycles. The van der Waals surface area contributed by atoms with Gasteiger partial charge in [0.25, 0.3) is 0 Å². The summed E-state index contributed by atoms with van der Waals surface area (Å²) in [4.78, 5) is 50.9. The summed E-state index contributed by atoms with van der Waals surface area (Å²) in [6, 6.07) is 0. The maximum Gasteiger partial charge on any atom is 0.407 e. The SMILES string of the molecule is CC(CCNc1nc(NC(C)(C)C)ncc1N)OC(=O)NC(C)(C)C.CC(CCNc1nc(NC(C)(C)C)ncc1[N+](=O)[O-])OC(=O)NC(C)(C)C. The van der Waals surface area contributed by atoms with E-state index in [-0.39, 0.29) is 45.9 Å². The molecule has 8 N–H and O–H groups in total. The summed E-state index contributed by atoms with van der Waals surface area (Å²) in [5.74, 6) is 1.49. The van der Waals surface area contributed by atoms with Gasteiger partial charge in [0, 0.05) is 48.1 Å². The van der Waals surface area contributed by atoms with E-state index in [1.807, 2.05) is 90.0 Å². The number of hydrogen-bond donors (Lipinski definition) is 7. The van der Waals surface area contributed by atoms with Gasteiger partial charge < -0.3 is 47.1 Å². The average molecular weight is 735 g/mol. The fourth-order valence-corrected chi connectivity index (χ4v) is 3.91. The van der Waals surface area contributed by atoms with E-state index < -0.39 is 17.1 Å². The Hall–Kier alpha value is -4.90. The molecule has 0 saturated carbocycles. The molecule has 2 aromatic rings. The molecule has 2 aromatic heterocycles. The van der Waals surface area contributed by atoms with Gasteiger partial charge >= 0.3 is 17.9 Å². The number of hydrogen-bond acceptors (Lipinski definition) is 15. The van der Waals surface area contributed by atoms with Crippen LogP contribution in [0.2, 0.25) is 0 Å². The van der Waals surface area contributed by atoms with Crippen molar-refractivity contribution in [3.8, 4) is 0 Å². The Bertz CT molecular complexity index is 1460. The van der Waals surface area contributed by atoms with Crippen molar-refractivity contribution in [2.45, 2.75) is 144 Å². The second-order valence-electron chi connectivity index (χ2n) is 16.5. The number of carbonyl (C=O) groups is 2. The number of nitrogens with one attached hydrogen (secondary N) is 6. The van der Waals surface area contributed by atoms with Crippen LogP contribution in [0.15, 0.2) is 12.4 Å². The highest BCUT2D eigenvalue weighted by atomic mass is 16.6. The van der Waals surface area contributed by atoms with Gasteiger partial charge in [0.05, 0.1) is 16.8 Å². The first-order valence-corrected chi connectivity index (χ1v) is 17.3. The highest BCUT2D eigenvalue weighted by Crippen LogP contribution is 2.23. The first kappa shape index (κ1) is 45.1. The van der Waals surface area contributed by atoms with Crippen LogP contribution in [0.25, 0.3) is 0 Å². The number of ether oxygens (including phenoxy) is 2. The lowest BCUT2D eigenvalue weighted by atomic mass is 10.1. The van der Waals surface area contributed by atoms with E-state index in [0.29, 0.717) is 49.3 Å². The van der Waals surface area contributed by atoms with Crippen molar-refractivity contribution in [3.63, 3.8) is 0 Å². The predicted octanol–water partition coefficient (Wildman–Crippen LogP) is 6.29. The molecule has 2 atom stereocenters. The molecule has 2 rings (SSSR count). The van der Waals surface area contributed by atoms with E-state index >= 15 is 0 Å². The molecule has 0 radical (unpaired) electrons. The first-order chi connectivity index (χ1) is 23.6. The number of alkyl carbamates (subject to hydrolysis) is 2. The summed E-state index contributed by atoms with van der Waals surface area (Å²) in [6.07, 6.45) is 2.31. The molecule has 294 valence electrons. The Balaban J connectivity index is 0.000000522. The van der Waals surface area contributed by atoms with Crippen LogP contribution >= 0.6 is 0 Å². The first-order valence-electron chi connectivity index (χ1n) is 17.3. The lowest BCUT2D eigenvalue weighted by molar-refractivity contribution is -0.384. The van der Waals surface area contributed by atoms with Crippen molar-refractivity contribution < 1.29 is 24.0 Å². The van der Waals surface area contributed by atoms with E-state index in [1.54, 1.807) is 13.1 Å². The van der Waals surface area contributed by atoms with Gasteiger partial charge in [0.2, 0.25) is 17.7 Å². The van der Waals surface area contributed by atoms with Crippen molar-refractivity contribution in [1.29, 1.82) is 0 Å². The van der Waals surface area contributed by atoms with Gasteiger partial charge in [-0.15, -0.1) is 0 Å². The van der Waals surface area contributed by atoms with E-state index in [9.17, 15) is 19.7 Å². The molecular formula is C34H62N12O6. The molecule has 0 saturated heterocycles. The van der Waals surface area contributed by atoms with Crippen LogP contribution in [-0.4, -0.2) is 84.5 Å². The summed E-state index contributed by atoms with van der Waals surface area (Å²) >= 11 is 0. The smallest absolute Gasteiger partial charge is 0.407 e. The van der Waals surface area contributed by atoms with E-state index in [1.165, 1.54) is 6.20 Å². The number of nitrogens with zero attached hydrogens (tertiary/aromatic N) is 5. The molecule has 0 spiro atoms. The van der Waals surface area contributed by atoms with Crippen LogP contribution in [0.4, 0.5) is 44.5 Å². The highest BCUT2D eigenvalue weighted by Gasteiger charge is 2.21. The Morgan fingerprint density at radius 1 is 0.712 bits per heavy atom. The quantitative estimate of drug-likeness (QED) is 0.0882. The van der Waals surface area contributed by atoms with E-state index in [0.717, 1.165) is 0 Å². The number of nitrogens with two attached hydrogens (primary N) is 1. The summed E-state index contributed by atoms with van der Waals surface area (Å²) in [5, 5.41) is 29.0. The summed E-state index contributed by atoms with van der Waals surface area (Å²) in [7, 11) is 0. The fraction of sp³-hybridized carbons (Fsp3) is 0.706. The lowest BCUT2D eigenvalue weighted by Gasteiger charge is -2.22. The molecular weight excluding hydrogens is 672 g/mol. The number of anilines is 5. The zero-order valence-electron chi connectivity index (χ0n) is 33.4. The van der Waals surface area contributed by atoms with Gasteiger partial charge in [-0.3, -0.25) is 10.1 Å². The Morgan fingerprint density at radius 3 is 1.48 bits per heavy atom. The highest BCUT2D eigenvalue weighted by molar-refractivity contribution is 5.68. The molecule has 0 aliphatic heterocycles. The van der Waals surface area contributed by atoms with Gasteiger partial charge in [-0.25, -0.2) is 19.6 Å². The number of aromatic nitrogens is 4. The topological polar surface area (TPSA) is 246 Å². The minimum atomic E-state index is -0.542. The van der Waals surface area contributed by atoms with Gasteiger partial charge in [-0.2, -0.15) is 9.97 Å². The second kappa shape index (κ2) is 19.1. The van der Waals surface area contributed by atoms with Crippen molar-refractivity contribution in [1.82, 2.24) is 30.6 Å². The lowest BCUT2D eigenvalue weighted by Crippen LogP contribution is -2.42. The number of nitro groups is 1. The molecule has 52 heavy (non-hydrogen) atoms. The number of rotatable bonds is 13. The normalized spacial score (nSPS) is 13.0. The van der Waals surface area contributed by atoms with Gasteiger partial charge in [-0.05, 0) is 96.9 Å². The third kappa shape index (κ3) is 20.7. The van der Waals surface area contributed by atoms with Crippen LogP contribution < -0.4 is 37.6 Å².